The molecule has 2 aromatic rings. The Morgan fingerprint density at radius 1 is 1.09 bits per heavy atom. The Labute approximate surface area is 138 Å². The zero-order chi connectivity index (χ0) is 16.4. The second kappa shape index (κ2) is 5.93. The van der Waals surface area contributed by atoms with E-state index in [0.29, 0.717) is 23.6 Å². The first-order valence-corrected chi connectivity index (χ1v) is 7.55. The minimum atomic E-state index is -1.13. The zero-order valence-corrected chi connectivity index (χ0v) is 12.9. The molecule has 118 valence electrons. The van der Waals surface area contributed by atoms with Crippen LogP contribution in [0.5, 0.6) is 0 Å². The largest absolute Gasteiger partial charge is 0.480 e. The molecule has 3 N–H and O–H groups in total. The van der Waals surface area contributed by atoms with E-state index in [4.69, 9.17) is 16.7 Å². The minimum Gasteiger partial charge on any atom is -0.480 e. The quantitative estimate of drug-likeness (QED) is 0.799. The number of carboxylic acids is 1. The third-order valence-electron chi connectivity index (χ3n) is 3.83. The topological polar surface area (TPSA) is 78.4 Å². The number of urea groups is 1. The van der Waals surface area contributed by atoms with E-state index in [1.54, 1.807) is 12.1 Å². The van der Waals surface area contributed by atoms with Gasteiger partial charge in [0.05, 0.1) is 5.69 Å². The SMILES string of the molecule is O=C(Nc1cc(Cl)ccc1-c1ccccc1)NC1(C(=O)O)CC1. The molecule has 0 aromatic heterocycles. The van der Waals surface area contributed by atoms with Gasteiger partial charge in [-0.1, -0.05) is 48.0 Å². The lowest BCUT2D eigenvalue weighted by Gasteiger charge is -2.16. The number of aliphatic carboxylic acids is 1. The number of carbonyl (C=O) groups is 2. The third kappa shape index (κ3) is 3.29. The third-order valence-corrected chi connectivity index (χ3v) is 4.06. The van der Waals surface area contributed by atoms with E-state index in [0.717, 1.165) is 11.1 Å². The number of nitrogens with one attached hydrogen (secondary N) is 2. The van der Waals surface area contributed by atoms with E-state index in [9.17, 15) is 9.59 Å². The molecule has 1 aliphatic carbocycles. The lowest BCUT2D eigenvalue weighted by molar-refractivity contribution is -0.140. The van der Waals surface area contributed by atoms with Crippen molar-refractivity contribution in [2.75, 3.05) is 5.32 Å². The monoisotopic (exact) mass is 330 g/mol. The van der Waals surface area contributed by atoms with Gasteiger partial charge in [0.1, 0.15) is 5.54 Å². The van der Waals surface area contributed by atoms with Crippen LogP contribution in [-0.2, 0) is 4.79 Å². The second-order valence-electron chi connectivity index (χ2n) is 5.52. The van der Waals surface area contributed by atoms with Gasteiger partial charge >= 0.3 is 12.0 Å². The van der Waals surface area contributed by atoms with E-state index >= 15 is 0 Å². The van der Waals surface area contributed by atoms with Gasteiger partial charge in [-0.05, 0) is 30.5 Å². The van der Waals surface area contributed by atoms with Crippen LogP contribution in [0.4, 0.5) is 10.5 Å². The fourth-order valence-corrected chi connectivity index (χ4v) is 2.55. The lowest BCUT2D eigenvalue weighted by Crippen LogP contribution is -2.45. The summed E-state index contributed by atoms with van der Waals surface area (Å²) < 4.78 is 0. The molecule has 0 bridgehead atoms. The molecule has 1 fully saturated rings. The summed E-state index contributed by atoms with van der Waals surface area (Å²) in [5, 5.41) is 14.8. The van der Waals surface area contributed by atoms with Crippen LogP contribution in [0, 0.1) is 0 Å². The molecule has 23 heavy (non-hydrogen) atoms. The maximum Gasteiger partial charge on any atom is 0.329 e. The molecule has 6 heteroatoms. The van der Waals surface area contributed by atoms with E-state index in [2.05, 4.69) is 10.6 Å². The molecule has 2 aromatic carbocycles. The average molecular weight is 331 g/mol. The fraction of sp³-hybridized carbons (Fsp3) is 0.176. The number of carbonyl (C=O) groups excluding carboxylic acids is 1. The van der Waals surface area contributed by atoms with Crippen molar-refractivity contribution in [3.63, 3.8) is 0 Å². The molecule has 0 aliphatic heterocycles. The number of rotatable bonds is 4. The maximum atomic E-state index is 12.1. The Kier molecular flexibility index (Phi) is 3.96. The number of halogens is 1. The van der Waals surface area contributed by atoms with Crippen LogP contribution >= 0.6 is 11.6 Å². The number of hydrogen-bond donors (Lipinski definition) is 3. The number of carboxylic acid groups (broad SMARTS) is 1. The summed E-state index contributed by atoms with van der Waals surface area (Å²) in [6.45, 7) is 0. The van der Waals surface area contributed by atoms with E-state index in [1.807, 2.05) is 36.4 Å². The first-order valence-electron chi connectivity index (χ1n) is 7.18. The minimum absolute atomic E-state index is 0.441. The van der Waals surface area contributed by atoms with Crippen LogP contribution in [0.1, 0.15) is 12.8 Å². The number of hydrogen-bond acceptors (Lipinski definition) is 2. The molecule has 1 aliphatic rings. The number of benzene rings is 2. The van der Waals surface area contributed by atoms with Crippen LogP contribution in [-0.4, -0.2) is 22.6 Å². The van der Waals surface area contributed by atoms with Crippen molar-refractivity contribution in [3.05, 3.63) is 53.6 Å². The summed E-state index contributed by atoms with van der Waals surface area (Å²) in [7, 11) is 0. The van der Waals surface area contributed by atoms with E-state index in [-0.39, 0.29) is 0 Å². The second-order valence-corrected chi connectivity index (χ2v) is 5.96. The molecular weight excluding hydrogens is 316 g/mol. The molecule has 5 nitrogen and oxygen atoms in total. The van der Waals surface area contributed by atoms with E-state index in [1.165, 1.54) is 0 Å². The Morgan fingerprint density at radius 2 is 1.78 bits per heavy atom. The molecule has 0 saturated heterocycles. The Balaban J connectivity index is 1.84. The van der Waals surface area contributed by atoms with Crippen molar-refractivity contribution in [3.8, 4) is 11.1 Å². The highest BCUT2D eigenvalue weighted by Crippen LogP contribution is 2.36. The molecule has 0 radical (unpaired) electrons. The van der Waals surface area contributed by atoms with Gasteiger partial charge in [0.15, 0.2) is 0 Å². The summed E-state index contributed by atoms with van der Waals surface area (Å²) in [6.07, 6.45) is 0.883. The zero-order valence-electron chi connectivity index (χ0n) is 12.2. The van der Waals surface area contributed by atoms with Crippen molar-refractivity contribution in [2.24, 2.45) is 0 Å². The molecule has 0 atom stereocenters. The fourth-order valence-electron chi connectivity index (χ4n) is 2.38. The first kappa shape index (κ1) is 15.4. The summed E-state index contributed by atoms with van der Waals surface area (Å²) in [4.78, 5) is 23.3. The van der Waals surface area contributed by atoms with Crippen molar-refractivity contribution >= 4 is 29.3 Å². The highest BCUT2D eigenvalue weighted by molar-refractivity contribution is 6.31. The number of amides is 2. The van der Waals surface area contributed by atoms with Gasteiger partial charge in [-0.3, -0.25) is 0 Å². The molecule has 2 amide bonds. The van der Waals surface area contributed by atoms with Crippen molar-refractivity contribution in [1.29, 1.82) is 0 Å². The summed E-state index contributed by atoms with van der Waals surface area (Å²) in [6, 6.07) is 14.2. The first-order chi connectivity index (χ1) is 11.0. The Morgan fingerprint density at radius 3 is 2.39 bits per heavy atom. The molecule has 3 rings (SSSR count). The maximum absolute atomic E-state index is 12.1. The van der Waals surface area contributed by atoms with Crippen LogP contribution in [0.2, 0.25) is 5.02 Å². The Hall–Kier alpha value is -2.53. The van der Waals surface area contributed by atoms with Crippen molar-refractivity contribution in [2.45, 2.75) is 18.4 Å². The van der Waals surface area contributed by atoms with Crippen LogP contribution in [0.25, 0.3) is 11.1 Å². The molecule has 0 spiro atoms. The lowest BCUT2D eigenvalue weighted by atomic mass is 10.0. The van der Waals surface area contributed by atoms with Gasteiger partial charge in [0, 0.05) is 10.6 Å². The normalized spacial score (nSPS) is 14.8. The summed E-state index contributed by atoms with van der Waals surface area (Å²) in [5.74, 6) is -1.01. The van der Waals surface area contributed by atoms with Gasteiger partial charge in [-0.2, -0.15) is 0 Å². The average Bonchev–Trinajstić information content (AvgIpc) is 3.29. The van der Waals surface area contributed by atoms with Gasteiger partial charge in [-0.15, -0.1) is 0 Å². The highest BCUT2D eigenvalue weighted by Gasteiger charge is 2.51. The predicted molar refractivity (Wildman–Crippen MR) is 88.6 cm³/mol. The van der Waals surface area contributed by atoms with Gasteiger partial charge < -0.3 is 15.7 Å². The smallest absolute Gasteiger partial charge is 0.329 e. The van der Waals surface area contributed by atoms with E-state index < -0.39 is 17.5 Å². The standard InChI is InChI=1S/C17H15ClN2O3/c18-12-6-7-13(11-4-2-1-3-5-11)14(10-12)19-16(23)20-17(8-9-17)15(21)22/h1-7,10H,8-9H2,(H,21,22)(H2,19,20,23). The van der Waals surface area contributed by atoms with Crippen LogP contribution < -0.4 is 10.6 Å². The molecule has 0 unspecified atom stereocenters. The van der Waals surface area contributed by atoms with Crippen LogP contribution in [0.3, 0.4) is 0 Å². The summed E-state index contributed by atoms with van der Waals surface area (Å²) in [5.41, 5.74) is 1.14. The molecule has 1 saturated carbocycles. The van der Waals surface area contributed by atoms with Gasteiger partial charge in [-0.25, -0.2) is 9.59 Å². The van der Waals surface area contributed by atoms with Crippen LogP contribution in [0.15, 0.2) is 48.5 Å². The number of anilines is 1. The van der Waals surface area contributed by atoms with Crippen molar-refractivity contribution in [1.82, 2.24) is 5.32 Å². The molecule has 0 heterocycles. The van der Waals surface area contributed by atoms with Crippen molar-refractivity contribution < 1.29 is 14.7 Å². The highest BCUT2D eigenvalue weighted by atomic mass is 35.5. The summed E-state index contributed by atoms with van der Waals surface area (Å²) >= 11 is 6.02. The van der Waals surface area contributed by atoms with Gasteiger partial charge in [0.25, 0.3) is 0 Å². The predicted octanol–water partition coefficient (Wildman–Crippen LogP) is 3.75. The van der Waals surface area contributed by atoms with Gasteiger partial charge in [0.2, 0.25) is 0 Å². The Bertz CT molecular complexity index is 758. The molecular formula is C17H15ClN2O3.